The monoisotopic (exact) mass is 415 g/mol. The van der Waals surface area contributed by atoms with Gasteiger partial charge in [-0.3, -0.25) is 0 Å². The highest BCUT2D eigenvalue weighted by atomic mass is 35.5. The number of hydrogen-bond acceptors (Lipinski definition) is 5. The van der Waals surface area contributed by atoms with Crippen LogP contribution in [0.15, 0.2) is 65.5 Å². The van der Waals surface area contributed by atoms with E-state index in [-0.39, 0.29) is 17.8 Å². The molecule has 2 aromatic rings. The maximum atomic E-state index is 12.9. The first-order valence-corrected chi connectivity index (χ1v) is 9.57. The highest BCUT2D eigenvalue weighted by Gasteiger charge is 2.38. The van der Waals surface area contributed by atoms with E-state index in [4.69, 9.17) is 16.3 Å². The number of aromatic nitrogens is 2. The van der Waals surface area contributed by atoms with E-state index in [1.165, 1.54) is 0 Å². The lowest BCUT2D eigenvalue weighted by Gasteiger charge is -2.30. The Kier molecular flexibility index (Phi) is 6.39. The van der Waals surface area contributed by atoms with Crippen LogP contribution in [0.5, 0.6) is 0 Å². The fourth-order valence-electron chi connectivity index (χ4n) is 3.48. The number of nitrogens with one attached hydrogen (secondary N) is 1. The Morgan fingerprint density at radius 3 is 2.62 bits per heavy atom. The van der Waals surface area contributed by atoms with Crippen LogP contribution in [0.3, 0.4) is 0 Å². The van der Waals surface area contributed by atoms with Gasteiger partial charge in [-0.25, -0.2) is 14.6 Å². The van der Waals surface area contributed by atoms with E-state index in [0.29, 0.717) is 34.9 Å². The lowest BCUT2D eigenvalue weighted by atomic mass is 9.80. The number of nitrogens with zero attached hydrogens (tertiary/aromatic N) is 2. The van der Waals surface area contributed by atoms with Crippen LogP contribution in [0.4, 0.5) is 0 Å². The number of allylic oxidation sites excluding steroid dienone is 2. The molecule has 1 aliphatic rings. The van der Waals surface area contributed by atoms with E-state index in [9.17, 15) is 14.7 Å². The van der Waals surface area contributed by atoms with Crippen molar-refractivity contribution < 1.29 is 19.4 Å². The molecule has 152 valence electrons. The van der Waals surface area contributed by atoms with E-state index in [1.807, 2.05) is 10.8 Å². The lowest BCUT2D eigenvalue weighted by molar-refractivity contribution is -0.139. The summed E-state index contributed by atoms with van der Waals surface area (Å²) in [4.78, 5) is 28.9. The minimum Gasteiger partial charge on any atom is -0.478 e. The van der Waals surface area contributed by atoms with Gasteiger partial charge in [0.25, 0.3) is 0 Å². The summed E-state index contributed by atoms with van der Waals surface area (Å²) in [5.41, 5.74) is 1.91. The van der Waals surface area contributed by atoms with Gasteiger partial charge in [-0.2, -0.15) is 0 Å². The Hall–Kier alpha value is -3.06. The zero-order valence-electron chi connectivity index (χ0n) is 16.2. The van der Waals surface area contributed by atoms with E-state index in [0.717, 1.165) is 0 Å². The molecule has 0 aliphatic carbocycles. The number of esters is 1. The molecular formula is C21H22ClN3O4. The molecule has 0 fully saturated rings. The van der Waals surface area contributed by atoms with Crippen LogP contribution in [0.2, 0.25) is 5.02 Å². The molecule has 1 aromatic carbocycles. The molecule has 1 aliphatic heterocycles. The third-order valence-electron chi connectivity index (χ3n) is 4.78. The van der Waals surface area contributed by atoms with Crippen LogP contribution in [-0.2, 0) is 20.9 Å². The average molecular weight is 416 g/mol. The number of carbonyl (C=O) groups is 2. The van der Waals surface area contributed by atoms with Crippen molar-refractivity contribution in [1.29, 1.82) is 0 Å². The number of carbonyl (C=O) groups excluding carboxylic acids is 1. The summed E-state index contributed by atoms with van der Waals surface area (Å²) in [6.45, 7) is 4.27. The standard InChI is InChI=1S/C21H22ClN3O4/c1-13-17(20(26)27)19(15-6-3-4-7-16(15)22)18(14(2)24-13)21(28)29-11-5-9-25-10-8-23-12-25/h3-4,6-8,10,12,19,24H,5,9,11H2,1-2H3,(H,26,27). The first-order valence-electron chi connectivity index (χ1n) is 9.19. The zero-order chi connectivity index (χ0) is 21.0. The second-order valence-electron chi connectivity index (χ2n) is 6.75. The molecule has 0 amide bonds. The van der Waals surface area contributed by atoms with Crippen molar-refractivity contribution in [2.75, 3.05) is 6.61 Å². The number of carboxylic acid groups (broad SMARTS) is 1. The fourth-order valence-corrected chi connectivity index (χ4v) is 3.72. The number of carboxylic acids is 1. The van der Waals surface area contributed by atoms with Crippen molar-refractivity contribution >= 4 is 23.5 Å². The first kappa shape index (κ1) is 20.7. The Morgan fingerprint density at radius 1 is 1.24 bits per heavy atom. The summed E-state index contributed by atoms with van der Waals surface area (Å²) in [5.74, 6) is -2.49. The Morgan fingerprint density at radius 2 is 1.97 bits per heavy atom. The smallest absolute Gasteiger partial charge is 0.336 e. The minimum atomic E-state index is -1.11. The van der Waals surface area contributed by atoms with Crippen LogP contribution in [0.25, 0.3) is 0 Å². The highest BCUT2D eigenvalue weighted by molar-refractivity contribution is 6.31. The normalized spacial score (nSPS) is 16.6. The SMILES string of the molecule is CC1=C(C(=O)O)C(c2ccccc2Cl)C(C(=O)OCCCn2ccnc2)=C(C)N1. The van der Waals surface area contributed by atoms with Gasteiger partial charge in [0.05, 0.1) is 30.0 Å². The zero-order valence-corrected chi connectivity index (χ0v) is 16.9. The molecule has 1 unspecified atom stereocenters. The van der Waals surface area contributed by atoms with Gasteiger partial charge in [0.1, 0.15) is 0 Å². The second-order valence-corrected chi connectivity index (χ2v) is 7.16. The molecule has 0 radical (unpaired) electrons. The molecule has 8 heteroatoms. The Bertz CT molecular complexity index is 980. The molecule has 1 aromatic heterocycles. The molecule has 0 bridgehead atoms. The van der Waals surface area contributed by atoms with E-state index < -0.39 is 17.9 Å². The van der Waals surface area contributed by atoms with Crippen molar-refractivity contribution in [1.82, 2.24) is 14.9 Å². The summed E-state index contributed by atoms with van der Waals surface area (Å²) < 4.78 is 7.37. The summed E-state index contributed by atoms with van der Waals surface area (Å²) in [5, 5.41) is 13.2. The molecule has 2 N–H and O–H groups in total. The van der Waals surface area contributed by atoms with Crippen molar-refractivity contribution in [3.8, 4) is 0 Å². The maximum absolute atomic E-state index is 12.9. The van der Waals surface area contributed by atoms with Gasteiger partial charge in [-0.1, -0.05) is 29.8 Å². The molecule has 0 saturated carbocycles. The quantitative estimate of drug-likeness (QED) is 0.531. The largest absolute Gasteiger partial charge is 0.478 e. The Balaban J connectivity index is 1.85. The van der Waals surface area contributed by atoms with Gasteiger partial charge in [0.15, 0.2) is 0 Å². The topological polar surface area (TPSA) is 93.5 Å². The minimum absolute atomic E-state index is 0.0778. The van der Waals surface area contributed by atoms with Crippen molar-refractivity contribution in [2.45, 2.75) is 32.7 Å². The van der Waals surface area contributed by atoms with Gasteiger partial charge in [-0.05, 0) is 31.9 Å². The summed E-state index contributed by atoms with van der Waals surface area (Å²) in [6.07, 6.45) is 5.82. The van der Waals surface area contributed by atoms with Gasteiger partial charge in [-0.15, -0.1) is 0 Å². The summed E-state index contributed by atoms with van der Waals surface area (Å²) in [7, 11) is 0. The predicted molar refractivity (Wildman–Crippen MR) is 108 cm³/mol. The van der Waals surface area contributed by atoms with E-state index in [2.05, 4.69) is 10.3 Å². The van der Waals surface area contributed by atoms with Crippen molar-refractivity contribution in [3.63, 3.8) is 0 Å². The maximum Gasteiger partial charge on any atom is 0.336 e. The fraction of sp³-hybridized carbons (Fsp3) is 0.286. The van der Waals surface area contributed by atoms with Gasteiger partial charge < -0.3 is 19.7 Å². The molecule has 0 spiro atoms. The number of benzene rings is 1. The van der Waals surface area contributed by atoms with Crippen LogP contribution in [0, 0.1) is 0 Å². The van der Waals surface area contributed by atoms with E-state index >= 15 is 0 Å². The van der Waals surface area contributed by atoms with E-state index in [1.54, 1.807) is 50.6 Å². The number of imidazole rings is 1. The van der Waals surface area contributed by atoms with Gasteiger partial charge >= 0.3 is 11.9 Å². The predicted octanol–water partition coefficient (Wildman–Crippen LogP) is 3.49. The van der Waals surface area contributed by atoms with Crippen molar-refractivity contribution in [3.05, 3.63) is 76.1 Å². The Labute approximate surface area is 173 Å². The molecular weight excluding hydrogens is 394 g/mol. The number of aryl methyl sites for hydroxylation is 1. The molecule has 7 nitrogen and oxygen atoms in total. The lowest BCUT2D eigenvalue weighted by Crippen LogP contribution is -2.32. The molecule has 2 heterocycles. The second kappa shape index (κ2) is 8.96. The van der Waals surface area contributed by atoms with Crippen LogP contribution in [-0.4, -0.2) is 33.2 Å². The van der Waals surface area contributed by atoms with Crippen LogP contribution in [0.1, 0.15) is 31.7 Å². The highest BCUT2D eigenvalue weighted by Crippen LogP contribution is 2.41. The van der Waals surface area contributed by atoms with Crippen LogP contribution >= 0.6 is 11.6 Å². The molecule has 1 atom stereocenters. The average Bonchev–Trinajstić information content (AvgIpc) is 3.18. The number of halogens is 1. The molecule has 0 saturated heterocycles. The molecule has 3 rings (SSSR count). The van der Waals surface area contributed by atoms with Crippen LogP contribution < -0.4 is 5.32 Å². The van der Waals surface area contributed by atoms with Gasteiger partial charge in [0.2, 0.25) is 0 Å². The third kappa shape index (κ3) is 4.51. The number of ether oxygens (including phenoxy) is 1. The number of dihydropyridines is 1. The van der Waals surface area contributed by atoms with Crippen molar-refractivity contribution in [2.24, 2.45) is 0 Å². The molecule has 29 heavy (non-hydrogen) atoms. The number of rotatable bonds is 7. The number of hydrogen-bond donors (Lipinski definition) is 2. The first-order chi connectivity index (χ1) is 13.9. The summed E-state index contributed by atoms with van der Waals surface area (Å²) >= 11 is 6.36. The third-order valence-corrected chi connectivity index (χ3v) is 5.12. The number of aliphatic carboxylic acids is 1. The van der Waals surface area contributed by atoms with Gasteiger partial charge in [0, 0.05) is 35.4 Å². The summed E-state index contributed by atoms with van der Waals surface area (Å²) in [6, 6.07) is 6.93.